The van der Waals surface area contributed by atoms with Gasteiger partial charge >= 0.3 is 12.8 Å². The number of hydrogen-bond donors (Lipinski definition) is 0. The first-order chi connectivity index (χ1) is 11.2. The maximum absolute atomic E-state index is 12.7. The fraction of sp³-hybridized carbons (Fsp3) is 0.533. The van der Waals surface area contributed by atoms with Crippen LogP contribution in [0, 0.1) is 5.92 Å². The van der Waals surface area contributed by atoms with E-state index in [2.05, 4.69) is 4.74 Å². The Kier molecular flexibility index (Phi) is 5.51. The van der Waals surface area contributed by atoms with Gasteiger partial charge in [0.2, 0.25) is 0 Å². The average Bonchev–Trinajstić information content (AvgIpc) is 3.28. The number of carbonyl (C=O) groups excluding carboxylic acids is 1. The molecule has 0 bridgehead atoms. The normalized spacial score (nSPS) is 14.6. The van der Waals surface area contributed by atoms with E-state index in [0.717, 1.165) is 35.9 Å². The van der Waals surface area contributed by atoms with Gasteiger partial charge < -0.3 is 14.4 Å². The second-order valence-corrected chi connectivity index (χ2v) is 5.49. The first kappa shape index (κ1) is 18.3. The quantitative estimate of drug-likeness (QED) is 0.702. The lowest BCUT2D eigenvalue weighted by molar-refractivity contribution is -0.141. The van der Waals surface area contributed by atoms with Crippen molar-refractivity contribution in [2.45, 2.75) is 25.6 Å². The minimum atomic E-state index is -4.52. The number of halogens is 5. The van der Waals surface area contributed by atoms with E-state index in [9.17, 15) is 26.7 Å². The third kappa shape index (κ3) is 5.24. The highest BCUT2D eigenvalue weighted by molar-refractivity contribution is 5.95. The highest BCUT2D eigenvalue weighted by Crippen LogP contribution is 2.33. The van der Waals surface area contributed by atoms with Gasteiger partial charge in [-0.15, -0.1) is 0 Å². The predicted octanol–water partition coefficient (Wildman–Crippen LogP) is 3.71. The molecule has 1 aromatic rings. The Morgan fingerprint density at radius 2 is 1.96 bits per heavy atom. The topological polar surface area (TPSA) is 38.8 Å². The smallest absolute Gasteiger partial charge is 0.406 e. The molecule has 0 spiro atoms. The van der Waals surface area contributed by atoms with E-state index in [1.807, 2.05) is 0 Å². The van der Waals surface area contributed by atoms with Crippen molar-refractivity contribution in [3.63, 3.8) is 0 Å². The van der Waals surface area contributed by atoms with Gasteiger partial charge in [0.05, 0.1) is 7.11 Å². The van der Waals surface area contributed by atoms with E-state index >= 15 is 0 Å². The highest BCUT2D eigenvalue weighted by Gasteiger charge is 2.36. The van der Waals surface area contributed by atoms with Gasteiger partial charge in [-0.2, -0.15) is 22.0 Å². The standard InChI is InChI=1S/C15H16F5NO3/c1-23-12-6-10(4-5-11(12)24-14(16)17)13(22)21(7-9-2-3-9)8-15(18,19)20/h4-6,9,14H,2-3,7-8H2,1H3. The summed E-state index contributed by atoms with van der Waals surface area (Å²) in [5.41, 5.74) is -0.0848. The number of rotatable bonds is 7. The first-order valence-electron chi connectivity index (χ1n) is 7.18. The van der Waals surface area contributed by atoms with Gasteiger partial charge in [-0.1, -0.05) is 0 Å². The number of benzene rings is 1. The number of carbonyl (C=O) groups is 1. The lowest BCUT2D eigenvalue weighted by Crippen LogP contribution is -2.40. The second-order valence-electron chi connectivity index (χ2n) is 5.49. The average molecular weight is 353 g/mol. The molecule has 9 heteroatoms. The third-order valence-corrected chi connectivity index (χ3v) is 3.46. The molecule has 0 saturated heterocycles. The fourth-order valence-electron chi connectivity index (χ4n) is 2.22. The van der Waals surface area contributed by atoms with Crippen LogP contribution in [0.2, 0.25) is 0 Å². The molecular formula is C15H16F5NO3. The number of ether oxygens (including phenoxy) is 2. The van der Waals surface area contributed by atoms with Crippen LogP contribution in [-0.2, 0) is 0 Å². The zero-order chi connectivity index (χ0) is 17.9. The van der Waals surface area contributed by atoms with E-state index in [-0.39, 0.29) is 29.5 Å². The van der Waals surface area contributed by atoms with Crippen molar-refractivity contribution in [2.75, 3.05) is 20.2 Å². The van der Waals surface area contributed by atoms with Crippen LogP contribution in [-0.4, -0.2) is 43.8 Å². The third-order valence-electron chi connectivity index (χ3n) is 3.46. The van der Waals surface area contributed by atoms with Crippen LogP contribution in [0.1, 0.15) is 23.2 Å². The van der Waals surface area contributed by atoms with Crippen LogP contribution in [0.25, 0.3) is 0 Å². The molecule has 0 N–H and O–H groups in total. The lowest BCUT2D eigenvalue weighted by atomic mass is 10.1. The van der Waals surface area contributed by atoms with Gasteiger partial charge in [-0.05, 0) is 37.0 Å². The first-order valence-corrected chi connectivity index (χ1v) is 7.18. The monoisotopic (exact) mass is 353 g/mol. The summed E-state index contributed by atoms with van der Waals surface area (Å²) >= 11 is 0. The summed E-state index contributed by atoms with van der Waals surface area (Å²) < 4.78 is 71.7. The minimum Gasteiger partial charge on any atom is -0.493 e. The molecule has 0 aromatic heterocycles. The summed E-state index contributed by atoms with van der Waals surface area (Å²) in [5.74, 6) is -1.21. The van der Waals surface area contributed by atoms with Crippen LogP contribution in [0.5, 0.6) is 11.5 Å². The van der Waals surface area contributed by atoms with Crippen LogP contribution in [0.15, 0.2) is 18.2 Å². The van der Waals surface area contributed by atoms with Gasteiger partial charge in [0, 0.05) is 12.1 Å². The van der Waals surface area contributed by atoms with E-state index in [4.69, 9.17) is 4.74 Å². The van der Waals surface area contributed by atoms with Gasteiger partial charge in [0.1, 0.15) is 6.54 Å². The number of alkyl halides is 5. The van der Waals surface area contributed by atoms with Crippen molar-refractivity contribution in [1.29, 1.82) is 0 Å². The molecule has 0 heterocycles. The molecule has 0 unspecified atom stereocenters. The molecule has 1 aromatic carbocycles. The van der Waals surface area contributed by atoms with Crippen molar-refractivity contribution in [3.05, 3.63) is 23.8 Å². The van der Waals surface area contributed by atoms with E-state index in [1.54, 1.807) is 0 Å². The molecule has 1 saturated carbocycles. The second kappa shape index (κ2) is 7.23. The Morgan fingerprint density at radius 3 is 2.46 bits per heavy atom. The summed E-state index contributed by atoms with van der Waals surface area (Å²) in [6.07, 6.45) is -2.95. The number of methoxy groups -OCH3 is 1. The van der Waals surface area contributed by atoms with Gasteiger partial charge in [0.25, 0.3) is 5.91 Å². The molecule has 0 atom stereocenters. The van der Waals surface area contributed by atoms with E-state index < -0.39 is 25.2 Å². The predicted molar refractivity (Wildman–Crippen MR) is 74.3 cm³/mol. The van der Waals surface area contributed by atoms with Crippen LogP contribution < -0.4 is 9.47 Å². The highest BCUT2D eigenvalue weighted by atomic mass is 19.4. The van der Waals surface area contributed by atoms with Crippen LogP contribution >= 0.6 is 0 Å². The molecule has 0 radical (unpaired) electrons. The maximum Gasteiger partial charge on any atom is 0.406 e. The van der Waals surface area contributed by atoms with Crippen molar-refractivity contribution in [1.82, 2.24) is 4.90 Å². The molecule has 1 aliphatic carbocycles. The van der Waals surface area contributed by atoms with E-state index in [1.165, 1.54) is 7.11 Å². The SMILES string of the molecule is COc1cc(C(=O)N(CC2CC2)CC(F)(F)F)ccc1OC(F)F. The van der Waals surface area contributed by atoms with Gasteiger partial charge in [0.15, 0.2) is 11.5 Å². The molecule has 1 aliphatic rings. The Hall–Kier alpha value is -2.06. The van der Waals surface area contributed by atoms with Crippen LogP contribution in [0.4, 0.5) is 22.0 Å². The Morgan fingerprint density at radius 1 is 1.29 bits per heavy atom. The summed E-state index contributed by atoms with van der Waals surface area (Å²) in [6.45, 7) is -4.44. The largest absolute Gasteiger partial charge is 0.493 e. The van der Waals surface area contributed by atoms with Crippen molar-refractivity contribution < 1.29 is 36.2 Å². The number of nitrogens with zero attached hydrogens (tertiary/aromatic N) is 1. The number of hydrogen-bond acceptors (Lipinski definition) is 3. The molecule has 24 heavy (non-hydrogen) atoms. The van der Waals surface area contributed by atoms with Crippen LogP contribution in [0.3, 0.4) is 0 Å². The van der Waals surface area contributed by atoms with Crippen molar-refractivity contribution in [3.8, 4) is 11.5 Å². The molecule has 0 aliphatic heterocycles. The molecular weight excluding hydrogens is 337 g/mol. The molecule has 2 rings (SSSR count). The van der Waals surface area contributed by atoms with E-state index in [0.29, 0.717) is 0 Å². The number of amides is 1. The molecule has 134 valence electrons. The zero-order valence-electron chi connectivity index (χ0n) is 12.8. The summed E-state index contributed by atoms with van der Waals surface area (Å²) in [7, 11) is 1.18. The fourth-order valence-corrected chi connectivity index (χ4v) is 2.22. The minimum absolute atomic E-state index is 0.00987. The Bertz CT molecular complexity index is 587. The molecule has 1 amide bonds. The van der Waals surface area contributed by atoms with Crippen molar-refractivity contribution >= 4 is 5.91 Å². The van der Waals surface area contributed by atoms with Gasteiger partial charge in [-0.3, -0.25) is 4.79 Å². The summed E-state index contributed by atoms with van der Waals surface area (Å²) in [4.78, 5) is 13.1. The Labute approximate surface area is 135 Å². The molecule has 4 nitrogen and oxygen atoms in total. The lowest BCUT2D eigenvalue weighted by Gasteiger charge is -2.24. The molecule has 1 fully saturated rings. The summed E-state index contributed by atoms with van der Waals surface area (Å²) in [5, 5.41) is 0. The van der Waals surface area contributed by atoms with Crippen molar-refractivity contribution in [2.24, 2.45) is 5.92 Å². The zero-order valence-corrected chi connectivity index (χ0v) is 12.8. The summed E-state index contributed by atoms with van der Waals surface area (Å²) in [6, 6.07) is 3.30. The van der Waals surface area contributed by atoms with Gasteiger partial charge in [-0.25, -0.2) is 0 Å². The maximum atomic E-state index is 12.7. The Balaban J connectivity index is 2.21.